The third kappa shape index (κ3) is 3.62. The Balaban J connectivity index is 1.62. The average molecular weight is 318 g/mol. The molecule has 5 heteroatoms. The lowest BCUT2D eigenvalue weighted by atomic mass is 9.77. The molecule has 0 radical (unpaired) electrons. The van der Waals surface area contributed by atoms with Crippen LogP contribution in [0.3, 0.4) is 0 Å². The molecule has 0 amide bonds. The molecule has 3 rings (SSSR count). The molecule has 23 heavy (non-hydrogen) atoms. The average Bonchev–Trinajstić information content (AvgIpc) is 3.04. The van der Waals surface area contributed by atoms with Gasteiger partial charge in [-0.3, -0.25) is 4.90 Å². The smallest absolute Gasteiger partial charge is 0.209 e. The molecule has 0 unspecified atom stereocenters. The maximum atomic E-state index is 13.3. The van der Waals surface area contributed by atoms with Gasteiger partial charge in [-0.1, -0.05) is 19.1 Å². The van der Waals surface area contributed by atoms with Crippen LogP contribution in [-0.4, -0.2) is 34.7 Å². The van der Waals surface area contributed by atoms with Crippen molar-refractivity contribution in [2.75, 3.05) is 19.7 Å². The van der Waals surface area contributed by atoms with Crippen molar-refractivity contribution in [3.63, 3.8) is 0 Å². The molecule has 0 bridgehead atoms. The van der Waals surface area contributed by atoms with E-state index in [1.165, 1.54) is 12.1 Å². The van der Waals surface area contributed by atoms with Crippen molar-refractivity contribution < 1.29 is 13.9 Å². The van der Waals surface area contributed by atoms with Crippen LogP contribution in [-0.2, 0) is 6.54 Å². The molecule has 0 aliphatic carbocycles. The van der Waals surface area contributed by atoms with Crippen molar-refractivity contribution in [2.45, 2.75) is 32.7 Å². The summed E-state index contributed by atoms with van der Waals surface area (Å²) in [7, 11) is 0. The summed E-state index contributed by atoms with van der Waals surface area (Å²) in [6.07, 6.45) is 4.66. The van der Waals surface area contributed by atoms with Crippen LogP contribution in [0, 0.1) is 11.2 Å². The maximum Gasteiger partial charge on any atom is 0.209 e. The maximum absolute atomic E-state index is 13.3. The van der Waals surface area contributed by atoms with Gasteiger partial charge in [0, 0.05) is 12.2 Å². The topological polar surface area (TPSA) is 49.5 Å². The molecule has 1 aromatic carbocycles. The number of nitrogens with zero attached hydrogens (tertiary/aromatic N) is 2. The second kappa shape index (κ2) is 6.81. The number of aliphatic hydroxyl groups is 1. The van der Waals surface area contributed by atoms with Crippen molar-refractivity contribution in [2.24, 2.45) is 5.41 Å². The van der Waals surface area contributed by atoms with Crippen LogP contribution < -0.4 is 0 Å². The Kier molecular flexibility index (Phi) is 4.78. The van der Waals surface area contributed by atoms with E-state index in [1.54, 1.807) is 12.3 Å². The van der Waals surface area contributed by atoms with Gasteiger partial charge in [0.25, 0.3) is 0 Å². The lowest BCUT2D eigenvalue weighted by Gasteiger charge is -2.39. The van der Waals surface area contributed by atoms with E-state index in [0.717, 1.165) is 32.4 Å². The second-order valence-electron chi connectivity index (χ2n) is 6.42. The van der Waals surface area contributed by atoms with Crippen LogP contribution in [0.5, 0.6) is 0 Å². The monoisotopic (exact) mass is 318 g/mol. The number of piperidine rings is 1. The van der Waals surface area contributed by atoms with E-state index in [9.17, 15) is 9.50 Å². The van der Waals surface area contributed by atoms with Crippen molar-refractivity contribution >= 4 is 0 Å². The van der Waals surface area contributed by atoms with Gasteiger partial charge in [-0.2, -0.15) is 0 Å². The Morgan fingerprint density at radius 2 is 2.13 bits per heavy atom. The van der Waals surface area contributed by atoms with E-state index in [4.69, 9.17) is 4.42 Å². The number of halogens is 1. The number of hydrogen-bond donors (Lipinski definition) is 1. The highest BCUT2D eigenvalue weighted by Gasteiger charge is 2.32. The Labute approximate surface area is 136 Å². The van der Waals surface area contributed by atoms with Gasteiger partial charge in [-0.25, -0.2) is 9.37 Å². The summed E-state index contributed by atoms with van der Waals surface area (Å²) in [6.45, 7) is 4.93. The molecule has 4 nitrogen and oxygen atoms in total. The first-order chi connectivity index (χ1) is 11.1. The second-order valence-corrected chi connectivity index (χ2v) is 6.42. The van der Waals surface area contributed by atoms with Crippen molar-refractivity contribution in [3.8, 4) is 11.3 Å². The first-order valence-electron chi connectivity index (χ1n) is 8.18. The van der Waals surface area contributed by atoms with Gasteiger partial charge in [-0.05, 0) is 49.9 Å². The van der Waals surface area contributed by atoms with Crippen LogP contribution in [0.4, 0.5) is 4.39 Å². The number of aliphatic hydroxyl groups excluding tert-OH is 1. The summed E-state index contributed by atoms with van der Waals surface area (Å²) in [4.78, 5) is 6.61. The largest absolute Gasteiger partial charge is 0.439 e. The van der Waals surface area contributed by atoms with Gasteiger partial charge in [0.05, 0.1) is 12.7 Å². The minimum Gasteiger partial charge on any atom is -0.439 e. The summed E-state index contributed by atoms with van der Waals surface area (Å²) in [5, 5.41) is 9.59. The van der Waals surface area contributed by atoms with E-state index < -0.39 is 0 Å². The molecule has 1 aromatic heterocycles. The first kappa shape index (κ1) is 16.1. The van der Waals surface area contributed by atoms with E-state index in [1.807, 2.05) is 6.07 Å². The molecule has 0 atom stereocenters. The molecule has 1 saturated heterocycles. The molecule has 0 spiro atoms. The number of aromatic nitrogens is 1. The molecule has 1 aliphatic rings. The molecular formula is C18H23FN2O2. The highest BCUT2D eigenvalue weighted by molar-refractivity contribution is 5.56. The molecule has 124 valence electrons. The highest BCUT2D eigenvalue weighted by Crippen LogP contribution is 2.34. The van der Waals surface area contributed by atoms with Crippen molar-refractivity contribution in [3.05, 3.63) is 42.2 Å². The highest BCUT2D eigenvalue weighted by atomic mass is 19.1. The first-order valence-corrected chi connectivity index (χ1v) is 8.18. The van der Waals surface area contributed by atoms with Crippen LogP contribution in [0.2, 0.25) is 0 Å². The molecule has 0 saturated carbocycles. The lowest BCUT2D eigenvalue weighted by Crippen LogP contribution is -2.41. The van der Waals surface area contributed by atoms with Crippen LogP contribution in [0.1, 0.15) is 32.1 Å². The standard InChI is InChI=1S/C18H23FN2O2/c1-2-18(13-22)6-8-21(9-7-18)12-17-20-11-16(23-17)14-4-3-5-15(19)10-14/h3-5,10-11,22H,2,6-9,12-13H2,1H3. The molecular weight excluding hydrogens is 295 g/mol. The fourth-order valence-electron chi connectivity index (χ4n) is 3.16. The number of benzene rings is 1. The Morgan fingerprint density at radius 3 is 2.78 bits per heavy atom. The molecule has 1 fully saturated rings. The van der Waals surface area contributed by atoms with Crippen LogP contribution >= 0.6 is 0 Å². The molecule has 2 heterocycles. The summed E-state index contributed by atoms with van der Waals surface area (Å²) < 4.78 is 19.0. The minimum absolute atomic E-state index is 0.0832. The van der Waals surface area contributed by atoms with E-state index in [0.29, 0.717) is 23.8 Å². The minimum atomic E-state index is -0.281. The predicted octanol–water partition coefficient (Wildman–Crippen LogP) is 3.47. The van der Waals surface area contributed by atoms with Crippen molar-refractivity contribution in [1.29, 1.82) is 0 Å². The van der Waals surface area contributed by atoms with Gasteiger partial charge in [0.2, 0.25) is 5.89 Å². The predicted molar refractivity (Wildman–Crippen MR) is 86.2 cm³/mol. The number of rotatable bonds is 5. The molecule has 2 aromatic rings. The molecule has 1 N–H and O–H groups in total. The van der Waals surface area contributed by atoms with Gasteiger partial charge in [0.1, 0.15) is 5.82 Å². The summed E-state index contributed by atoms with van der Waals surface area (Å²) in [6, 6.07) is 6.33. The third-order valence-corrected chi connectivity index (χ3v) is 5.02. The Morgan fingerprint density at radius 1 is 1.35 bits per heavy atom. The zero-order valence-electron chi connectivity index (χ0n) is 13.5. The number of hydrogen-bond acceptors (Lipinski definition) is 4. The van der Waals surface area contributed by atoms with Gasteiger partial charge in [-0.15, -0.1) is 0 Å². The Hall–Kier alpha value is -1.72. The zero-order chi connectivity index (χ0) is 16.3. The van der Waals surface area contributed by atoms with Crippen molar-refractivity contribution in [1.82, 2.24) is 9.88 Å². The fraction of sp³-hybridized carbons (Fsp3) is 0.500. The Bertz CT molecular complexity index is 642. The zero-order valence-corrected chi connectivity index (χ0v) is 13.5. The lowest BCUT2D eigenvalue weighted by molar-refractivity contribution is 0.0355. The summed E-state index contributed by atoms with van der Waals surface area (Å²) >= 11 is 0. The van der Waals surface area contributed by atoms with E-state index in [2.05, 4.69) is 16.8 Å². The summed E-state index contributed by atoms with van der Waals surface area (Å²) in [5.41, 5.74) is 0.785. The van der Waals surface area contributed by atoms with Gasteiger partial charge < -0.3 is 9.52 Å². The van der Waals surface area contributed by atoms with E-state index >= 15 is 0 Å². The quantitative estimate of drug-likeness (QED) is 0.917. The normalized spacial score (nSPS) is 18.2. The van der Waals surface area contributed by atoms with Crippen LogP contribution in [0.15, 0.2) is 34.9 Å². The SMILES string of the molecule is CCC1(CO)CCN(Cc2ncc(-c3cccc(F)c3)o2)CC1. The number of oxazole rings is 1. The van der Waals surface area contributed by atoms with Gasteiger partial charge in [0.15, 0.2) is 5.76 Å². The number of likely N-dealkylation sites (tertiary alicyclic amines) is 1. The van der Waals surface area contributed by atoms with Crippen LogP contribution in [0.25, 0.3) is 11.3 Å². The molecule has 1 aliphatic heterocycles. The summed E-state index contributed by atoms with van der Waals surface area (Å²) in [5.74, 6) is 0.962. The fourth-order valence-corrected chi connectivity index (χ4v) is 3.16. The van der Waals surface area contributed by atoms with Gasteiger partial charge >= 0.3 is 0 Å². The van der Waals surface area contributed by atoms with E-state index in [-0.39, 0.29) is 17.8 Å². The third-order valence-electron chi connectivity index (χ3n) is 5.02.